The molecule has 0 radical (unpaired) electrons. The summed E-state index contributed by atoms with van der Waals surface area (Å²) >= 11 is 1.62. The lowest BCUT2D eigenvalue weighted by Crippen LogP contribution is -2.37. The van der Waals surface area contributed by atoms with Gasteiger partial charge in [-0.15, -0.1) is 11.3 Å². The van der Waals surface area contributed by atoms with Gasteiger partial charge in [-0.05, 0) is 25.0 Å². The predicted molar refractivity (Wildman–Crippen MR) is 85.2 cm³/mol. The quantitative estimate of drug-likeness (QED) is 0.659. The molecule has 6 heteroatoms. The largest absolute Gasteiger partial charge is 0.356 e. The zero-order chi connectivity index (χ0) is 15.1. The number of nitrogens with one attached hydrogen (secondary N) is 2. The Morgan fingerprint density at radius 3 is 2.81 bits per heavy atom. The molecule has 1 aromatic carbocycles. The number of hydrogen-bond acceptors (Lipinski definition) is 3. The Labute approximate surface area is 128 Å². The average Bonchev–Trinajstić information content (AvgIpc) is 2.90. The molecule has 2 N–H and O–H groups in total. The van der Waals surface area contributed by atoms with Crippen molar-refractivity contribution in [2.45, 2.75) is 19.9 Å². The maximum absolute atomic E-state index is 13.5. The number of guanidine groups is 1. The van der Waals surface area contributed by atoms with Crippen molar-refractivity contribution >= 4 is 17.3 Å². The molecule has 0 amide bonds. The molecule has 0 saturated heterocycles. The first-order chi connectivity index (χ1) is 10.2. The molecule has 0 aliphatic heterocycles. The zero-order valence-corrected chi connectivity index (χ0v) is 13.0. The normalized spacial score (nSPS) is 11.5. The molecule has 0 atom stereocenters. The van der Waals surface area contributed by atoms with Gasteiger partial charge in [0.25, 0.3) is 0 Å². The molecule has 0 aliphatic carbocycles. The first-order valence-electron chi connectivity index (χ1n) is 6.78. The molecule has 0 saturated carbocycles. The summed E-state index contributed by atoms with van der Waals surface area (Å²) in [4.78, 5) is 8.52. The van der Waals surface area contributed by atoms with E-state index in [1.165, 1.54) is 6.07 Å². The summed E-state index contributed by atoms with van der Waals surface area (Å²) in [6.45, 7) is 3.23. The van der Waals surface area contributed by atoms with Crippen LogP contribution in [0.5, 0.6) is 0 Å². The van der Waals surface area contributed by atoms with Crippen LogP contribution in [0.2, 0.25) is 0 Å². The van der Waals surface area contributed by atoms with Gasteiger partial charge in [0, 0.05) is 24.7 Å². The van der Waals surface area contributed by atoms with E-state index in [9.17, 15) is 4.39 Å². The Morgan fingerprint density at radius 2 is 2.14 bits per heavy atom. The van der Waals surface area contributed by atoms with E-state index >= 15 is 0 Å². The van der Waals surface area contributed by atoms with Crippen molar-refractivity contribution in [3.05, 3.63) is 51.7 Å². The number of hydrogen-bond donors (Lipinski definition) is 2. The molecule has 2 rings (SSSR count). The Bertz CT molecular complexity index is 609. The van der Waals surface area contributed by atoms with Crippen molar-refractivity contribution in [2.75, 3.05) is 13.6 Å². The molecule has 0 bridgehead atoms. The number of rotatable bonds is 5. The number of nitrogens with zero attached hydrogens (tertiary/aromatic N) is 2. The summed E-state index contributed by atoms with van der Waals surface area (Å²) in [5.41, 5.74) is 1.73. The highest BCUT2D eigenvalue weighted by Crippen LogP contribution is 2.08. The van der Waals surface area contributed by atoms with E-state index in [0.717, 1.165) is 10.7 Å². The maximum atomic E-state index is 13.5. The highest BCUT2D eigenvalue weighted by Gasteiger charge is 2.03. The van der Waals surface area contributed by atoms with Gasteiger partial charge in [-0.2, -0.15) is 0 Å². The number of halogens is 1. The molecular formula is C15H19FN4S. The van der Waals surface area contributed by atoms with Gasteiger partial charge < -0.3 is 10.6 Å². The summed E-state index contributed by atoms with van der Waals surface area (Å²) in [5.74, 6) is 0.527. The van der Waals surface area contributed by atoms with Gasteiger partial charge in [-0.3, -0.25) is 4.99 Å². The summed E-state index contributed by atoms with van der Waals surface area (Å²) in [6, 6.07) is 6.82. The minimum Gasteiger partial charge on any atom is -0.356 e. The van der Waals surface area contributed by atoms with Crippen LogP contribution >= 0.6 is 11.3 Å². The van der Waals surface area contributed by atoms with Crippen LogP contribution in [0.4, 0.5) is 4.39 Å². The molecule has 1 aromatic heterocycles. The van der Waals surface area contributed by atoms with E-state index < -0.39 is 0 Å². The van der Waals surface area contributed by atoms with Crippen molar-refractivity contribution in [2.24, 2.45) is 4.99 Å². The van der Waals surface area contributed by atoms with Crippen molar-refractivity contribution in [3.63, 3.8) is 0 Å². The molecule has 21 heavy (non-hydrogen) atoms. The Balaban J connectivity index is 1.77. The van der Waals surface area contributed by atoms with Crippen LogP contribution in [0, 0.1) is 12.7 Å². The molecule has 112 valence electrons. The minimum absolute atomic E-state index is 0.166. The highest BCUT2D eigenvalue weighted by molar-refractivity contribution is 7.09. The van der Waals surface area contributed by atoms with Crippen LogP contribution in [0.15, 0.2) is 34.6 Å². The zero-order valence-electron chi connectivity index (χ0n) is 12.2. The Hall–Kier alpha value is -1.95. The number of benzene rings is 1. The third-order valence-electron chi connectivity index (χ3n) is 2.94. The van der Waals surface area contributed by atoms with Gasteiger partial charge in [-0.25, -0.2) is 9.37 Å². The molecular weight excluding hydrogens is 287 g/mol. The lowest BCUT2D eigenvalue weighted by Gasteiger charge is -2.11. The van der Waals surface area contributed by atoms with Crippen molar-refractivity contribution in [1.82, 2.24) is 15.6 Å². The molecule has 1 heterocycles. The molecule has 2 aromatic rings. The second kappa shape index (κ2) is 7.73. The molecule has 0 aliphatic rings. The third kappa shape index (κ3) is 4.82. The predicted octanol–water partition coefficient (Wildman–Crippen LogP) is 2.50. The van der Waals surface area contributed by atoms with Gasteiger partial charge >= 0.3 is 0 Å². The van der Waals surface area contributed by atoms with Crippen molar-refractivity contribution < 1.29 is 4.39 Å². The number of aromatic nitrogens is 1. The Morgan fingerprint density at radius 1 is 1.33 bits per heavy atom. The topological polar surface area (TPSA) is 49.3 Å². The van der Waals surface area contributed by atoms with Crippen molar-refractivity contribution in [1.29, 1.82) is 0 Å². The first-order valence-corrected chi connectivity index (χ1v) is 7.66. The van der Waals surface area contributed by atoms with E-state index in [4.69, 9.17) is 0 Å². The summed E-state index contributed by atoms with van der Waals surface area (Å²) in [6.07, 6.45) is 0.615. The Kier molecular flexibility index (Phi) is 5.68. The second-order valence-electron chi connectivity index (χ2n) is 4.58. The summed E-state index contributed by atoms with van der Waals surface area (Å²) in [5, 5.41) is 9.40. The van der Waals surface area contributed by atoms with Crippen LogP contribution < -0.4 is 10.6 Å². The van der Waals surface area contributed by atoms with Gasteiger partial charge in [-0.1, -0.05) is 18.2 Å². The lowest BCUT2D eigenvalue weighted by atomic mass is 10.1. The fourth-order valence-electron chi connectivity index (χ4n) is 1.88. The van der Waals surface area contributed by atoms with E-state index in [1.54, 1.807) is 30.5 Å². The van der Waals surface area contributed by atoms with Crippen LogP contribution in [0.1, 0.15) is 16.3 Å². The van der Waals surface area contributed by atoms with Gasteiger partial charge in [0.2, 0.25) is 0 Å². The fourth-order valence-corrected chi connectivity index (χ4v) is 2.59. The van der Waals surface area contributed by atoms with Crippen molar-refractivity contribution in [3.8, 4) is 0 Å². The number of thiazole rings is 1. The molecule has 0 spiro atoms. The van der Waals surface area contributed by atoms with Gasteiger partial charge in [0.1, 0.15) is 10.8 Å². The maximum Gasteiger partial charge on any atom is 0.191 e. The van der Waals surface area contributed by atoms with Crippen LogP contribution in [-0.4, -0.2) is 24.5 Å². The number of aryl methyl sites for hydroxylation is 1. The lowest BCUT2D eigenvalue weighted by molar-refractivity contribution is 0.606. The molecule has 0 fully saturated rings. The van der Waals surface area contributed by atoms with Crippen LogP contribution in [0.3, 0.4) is 0 Å². The van der Waals surface area contributed by atoms with E-state index in [2.05, 4.69) is 20.6 Å². The van der Waals surface area contributed by atoms with E-state index in [1.807, 2.05) is 18.4 Å². The standard InChI is InChI=1S/C15H19FN4S/c1-11-10-21-14(20-11)9-19-15(17-2)18-8-7-12-5-3-4-6-13(12)16/h3-6,10H,7-9H2,1-2H3,(H2,17,18,19). The SMILES string of the molecule is CN=C(NCCc1ccccc1F)NCc1nc(C)cs1. The highest BCUT2D eigenvalue weighted by atomic mass is 32.1. The summed E-state index contributed by atoms with van der Waals surface area (Å²) < 4.78 is 13.5. The molecule has 4 nitrogen and oxygen atoms in total. The van der Waals surface area contributed by atoms with E-state index in [0.29, 0.717) is 31.0 Å². The van der Waals surface area contributed by atoms with Crippen LogP contribution in [-0.2, 0) is 13.0 Å². The minimum atomic E-state index is -0.166. The molecule has 0 unspecified atom stereocenters. The van der Waals surface area contributed by atoms with E-state index in [-0.39, 0.29) is 5.82 Å². The monoisotopic (exact) mass is 306 g/mol. The van der Waals surface area contributed by atoms with Crippen LogP contribution in [0.25, 0.3) is 0 Å². The average molecular weight is 306 g/mol. The smallest absolute Gasteiger partial charge is 0.191 e. The summed E-state index contributed by atoms with van der Waals surface area (Å²) in [7, 11) is 1.71. The van der Waals surface area contributed by atoms with Gasteiger partial charge in [0.15, 0.2) is 5.96 Å². The van der Waals surface area contributed by atoms with Gasteiger partial charge in [0.05, 0.1) is 6.54 Å². The number of aliphatic imine (C=N–C) groups is 1. The second-order valence-corrected chi connectivity index (χ2v) is 5.52. The third-order valence-corrected chi connectivity index (χ3v) is 3.91. The first kappa shape index (κ1) is 15.4. The fraction of sp³-hybridized carbons (Fsp3) is 0.333.